The van der Waals surface area contributed by atoms with E-state index in [1.807, 2.05) is 6.07 Å². The van der Waals surface area contributed by atoms with Crippen LogP contribution in [-0.4, -0.2) is 28.3 Å². The van der Waals surface area contributed by atoms with Gasteiger partial charge in [0.25, 0.3) is 0 Å². The number of aromatic nitrogens is 3. The molecule has 0 unspecified atom stereocenters. The minimum absolute atomic E-state index is 0. The molecule has 2 heterocycles. The van der Waals surface area contributed by atoms with Gasteiger partial charge in [0.15, 0.2) is 0 Å². The minimum Gasteiger partial charge on any atom is -0.492 e. The Morgan fingerprint density at radius 1 is 1.30 bits per heavy atom. The molecule has 20 heavy (non-hydrogen) atoms. The first-order valence-corrected chi connectivity index (χ1v) is 5.71. The molecular weight excluding hydrogens is 297 g/mol. The van der Waals surface area contributed by atoms with Gasteiger partial charge in [-0.3, -0.25) is 9.67 Å². The monoisotopic (exact) mass is 309 g/mol. The van der Waals surface area contributed by atoms with Crippen LogP contribution in [-0.2, 0) is 13.5 Å². The number of ether oxygens (including phenoxy) is 1. The molecule has 0 aliphatic carbocycles. The molecule has 0 saturated carbocycles. The zero-order valence-corrected chi connectivity index (χ0v) is 14.4. The van der Waals surface area contributed by atoms with Gasteiger partial charge in [-0.1, -0.05) is 5.46 Å². The Morgan fingerprint density at radius 2 is 2.05 bits per heavy atom. The average Bonchev–Trinajstić information content (AvgIpc) is 2.75. The van der Waals surface area contributed by atoms with Crippen molar-refractivity contribution in [3.8, 4) is 5.75 Å². The zero-order valence-electron chi connectivity index (χ0n) is 11.3. The van der Waals surface area contributed by atoms with Crippen molar-refractivity contribution >= 4 is 12.4 Å². The van der Waals surface area contributed by atoms with Crippen molar-refractivity contribution in [1.82, 2.24) is 14.8 Å². The normalized spacial score (nSPS) is 11.0. The van der Waals surface area contributed by atoms with E-state index in [9.17, 15) is 12.9 Å². The van der Waals surface area contributed by atoms with Crippen LogP contribution in [0.4, 0.5) is 12.9 Å². The fraction of sp³-hybridized carbons (Fsp3) is 0.273. The van der Waals surface area contributed by atoms with E-state index in [0.29, 0.717) is 6.42 Å². The standard InChI is InChI=1S/C11H12BF3N3O.K/c1-18-10(2-4-17-18)3-5-19-11-6-9(7-16-8-11)12(13,14)15;/h2,4,6-8H,3,5H2,1H3;/q-1;+1. The zero-order chi connectivity index (χ0) is 13.9. The maximum atomic E-state index is 12.5. The molecule has 2 aromatic heterocycles. The van der Waals surface area contributed by atoms with Crippen LogP contribution in [0.1, 0.15) is 5.69 Å². The van der Waals surface area contributed by atoms with Crippen molar-refractivity contribution in [2.75, 3.05) is 6.61 Å². The number of aryl methyl sites for hydroxylation is 1. The predicted octanol–water partition coefficient (Wildman–Crippen LogP) is -1.50. The van der Waals surface area contributed by atoms with Gasteiger partial charge >= 0.3 is 58.4 Å². The number of rotatable bonds is 5. The summed E-state index contributed by atoms with van der Waals surface area (Å²) in [6, 6.07) is 2.80. The summed E-state index contributed by atoms with van der Waals surface area (Å²) in [6.45, 7) is -4.77. The van der Waals surface area contributed by atoms with E-state index >= 15 is 0 Å². The molecule has 0 bridgehead atoms. The fourth-order valence-electron chi connectivity index (χ4n) is 1.61. The third kappa shape index (κ3) is 4.89. The second kappa shape index (κ2) is 7.60. The molecule has 0 aliphatic heterocycles. The Kier molecular flexibility index (Phi) is 6.73. The number of nitrogens with zero attached hydrogens (tertiary/aromatic N) is 3. The molecule has 0 amide bonds. The van der Waals surface area contributed by atoms with Gasteiger partial charge in [0.05, 0.1) is 12.8 Å². The van der Waals surface area contributed by atoms with Crippen LogP contribution in [0.3, 0.4) is 0 Å². The summed E-state index contributed by atoms with van der Waals surface area (Å²) in [5.41, 5.74) is 0.196. The molecule has 2 aromatic rings. The van der Waals surface area contributed by atoms with Crippen LogP contribution in [0, 0.1) is 0 Å². The summed E-state index contributed by atoms with van der Waals surface area (Å²) in [6.07, 6.45) is 4.30. The first-order valence-electron chi connectivity index (χ1n) is 5.71. The number of halogens is 3. The molecular formula is C11H12BF3KN3O. The Bertz CT molecular complexity index is 562. The van der Waals surface area contributed by atoms with E-state index in [-0.39, 0.29) is 63.7 Å². The van der Waals surface area contributed by atoms with Gasteiger partial charge in [-0.05, 0) is 12.1 Å². The second-order valence-corrected chi connectivity index (χ2v) is 4.07. The second-order valence-electron chi connectivity index (χ2n) is 4.07. The quantitative estimate of drug-likeness (QED) is 0.631. The molecule has 0 aromatic carbocycles. The summed E-state index contributed by atoms with van der Waals surface area (Å²) < 4.78 is 44.5. The maximum absolute atomic E-state index is 12.5. The van der Waals surface area contributed by atoms with Crippen molar-refractivity contribution in [2.24, 2.45) is 7.05 Å². The molecule has 2 rings (SSSR count). The number of pyridine rings is 1. The molecule has 0 N–H and O–H groups in total. The third-order valence-corrected chi connectivity index (χ3v) is 2.66. The summed E-state index contributed by atoms with van der Waals surface area (Å²) in [7, 11) is 1.80. The van der Waals surface area contributed by atoms with E-state index in [4.69, 9.17) is 4.74 Å². The van der Waals surface area contributed by atoms with Crippen LogP contribution in [0.5, 0.6) is 5.75 Å². The van der Waals surface area contributed by atoms with Crippen LogP contribution in [0.2, 0.25) is 0 Å². The fourth-order valence-corrected chi connectivity index (χ4v) is 1.61. The van der Waals surface area contributed by atoms with Gasteiger partial charge in [-0.25, -0.2) is 0 Å². The molecule has 4 nitrogen and oxygen atoms in total. The van der Waals surface area contributed by atoms with E-state index in [1.54, 1.807) is 17.9 Å². The SMILES string of the molecule is Cn1nccc1CCOc1cncc([B-](F)(F)F)c1.[K+]. The van der Waals surface area contributed by atoms with Crippen LogP contribution >= 0.6 is 0 Å². The molecule has 0 fully saturated rings. The van der Waals surface area contributed by atoms with E-state index in [0.717, 1.165) is 18.0 Å². The van der Waals surface area contributed by atoms with Gasteiger partial charge in [0.1, 0.15) is 5.75 Å². The first-order chi connectivity index (χ1) is 8.97. The van der Waals surface area contributed by atoms with Crippen LogP contribution in [0.15, 0.2) is 30.7 Å². The summed E-state index contributed by atoms with van der Waals surface area (Å²) in [5, 5.41) is 3.99. The first kappa shape index (κ1) is 17.7. The topological polar surface area (TPSA) is 39.9 Å². The minimum atomic E-state index is -5.04. The van der Waals surface area contributed by atoms with Crippen molar-refractivity contribution in [3.63, 3.8) is 0 Å². The van der Waals surface area contributed by atoms with Gasteiger partial charge < -0.3 is 17.7 Å². The van der Waals surface area contributed by atoms with Gasteiger partial charge in [-0.2, -0.15) is 5.10 Å². The van der Waals surface area contributed by atoms with E-state index in [1.165, 1.54) is 6.20 Å². The molecule has 0 radical (unpaired) electrons. The Balaban J connectivity index is 0.00000200. The third-order valence-electron chi connectivity index (χ3n) is 2.66. The molecule has 102 valence electrons. The van der Waals surface area contributed by atoms with Crippen molar-refractivity contribution in [3.05, 3.63) is 36.4 Å². The number of hydrogen-bond acceptors (Lipinski definition) is 3. The van der Waals surface area contributed by atoms with Crippen molar-refractivity contribution < 1.29 is 69.1 Å². The van der Waals surface area contributed by atoms with Gasteiger partial charge in [0.2, 0.25) is 0 Å². The van der Waals surface area contributed by atoms with E-state index in [2.05, 4.69) is 10.1 Å². The largest absolute Gasteiger partial charge is 1.00 e. The molecule has 0 atom stereocenters. The molecule has 0 spiro atoms. The maximum Gasteiger partial charge on any atom is 1.00 e. The van der Waals surface area contributed by atoms with E-state index < -0.39 is 12.4 Å². The van der Waals surface area contributed by atoms with Gasteiger partial charge in [0, 0.05) is 31.6 Å². The predicted molar refractivity (Wildman–Crippen MR) is 65.4 cm³/mol. The summed E-state index contributed by atoms with van der Waals surface area (Å²) >= 11 is 0. The Labute approximate surface area is 157 Å². The van der Waals surface area contributed by atoms with Crippen LogP contribution < -0.4 is 61.6 Å². The van der Waals surface area contributed by atoms with Crippen molar-refractivity contribution in [1.29, 1.82) is 0 Å². The van der Waals surface area contributed by atoms with Crippen molar-refractivity contribution in [2.45, 2.75) is 6.42 Å². The van der Waals surface area contributed by atoms with Gasteiger partial charge in [-0.15, -0.1) is 0 Å². The van der Waals surface area contributed by atoms with Crippen LogP contribution in [0.25, 0.3) is 0 Å². The molecule has 0 saturated heterocycles. The average molecular weight is 309 g/mol. The number of hydrogen-bond donors (Lipinski definition) is 0. The molecule has 0 aliphatic rings. The Hall–Kier alpha value is -0.349. The Morgan fingerprint density at radius 3 is 2.65 bits per heavy atom. The summed E-state index contributed by atoms with van der Waals surface area (Å²) in [5.74, 6) is 0.124. The summed E-state index contributed by atoms with van der Waals surface area (Å²) in [4.78, 5) is 3.54. The molecule has 9 heteroatoms. The smallest absolute Gasteiger partial charge is 0.492 e.